The second-order valence-electron chi connectivity index (χ2n) is 4.04. The van der Waals surface area contributed by atoms with E-state index in [2.05, 4.69) is 11.9 Å². The first-order chi connectivity index (χ1) is 8.22. The first-order valence-electron chi connectivity index (χ1n) is 6.08. The fourth-order valence-corrected chi connectivity index (χ4v) is 1.45. The van der Waals surface area contributed by atoms with Gasteiger partial charge in [0.2, 0.25) is 0 Å². The van der Waals surface area contributed by atoms with E-state index in [0.29, 0.717) is 18.0 Å². The van der Waals surface area contributed by atoms with Crippen molar-refractivity contribution in [3.63, 3.8) is 0 Å². The molecule has 17 heavy (non-hydrogen) atoms. The van der Waals surface area contributed by atoms with Gasteiger partial charge in [0.1, 0.15) is 0 Å². The van der Waals surface area contributed by atoms with Crippen LogP contribution in [0.1, 0.15) is 38.3 Å². The maximum absolute atomic E-state index is 11.4. The third-order valence-corrected chi connectivity index (χ3v) is 2.43. The summed E-state index contributed by atoms with van der Waals surface area (Å²) in [5, 5.41) is 0. The summed E-state index contributed by atoms with van der Waals surface area (Å²) in [7, 11) is 0. The van der Waals surface area contributed by atoms with E-state index in [1.54, 1.807) is 18.3 Å². The smallest absolute Gasteiger partial charge is 0.311 e. The molecule has 4 heteroatoms. The molecule has 1 aromatic rings. The number of hydrogen-bond acceptors (Lipinski definition) is 4. The number of anilines is 1. The SMILES string of the molecule is CCCCCCOC(=O)Cc1ccc(N)cn1. The zero-order valence-corrected chi connectivity index (χ0v) is 10.3. The van der Waals surface area contributed by atoms with Gasteiger partial charge in [-0.3, -0.25) is 9.78 Å². The minimum Gasteiger partial charge on any atom is -0.465 e. The molecule has 0 bridgehead atoms. The molecule has 0 atom stereocenters. The van der Waals surface area contributed by atoms with Crippen molar-refractivity contribution in [1.82, 2.24) is 4.98 Å². The van der Waals surface area contributed by atoms with Gasteiger partial charge in [0.25, 0.3) is 0 Å². The summed E-state index contributed by atoms with van der Waals surface area (Å²) in [5.41, 5.74) is 6.80. The predicted octanol–water partition coefficient (Wildman–Crippen LogP) is 2.33. The molecule has 2 N–H and O–H groups in total. The molecular formula is C13H20N2O2. The average molecular weight is 236 g/mol. The van der Waals surface area contributed by atoms with Crippen molar-refractivity contribution in [2.24, 2.45) is 0 Å². The summed E-state index contributed by atoms with van der Waals surface area (Å²) in [6.07, 6.45) is 6.19. The molecule has 0 aliphatic carbocycles. The zero-order chi connectivity index (χ0) is 12.5. The lowest BCUT2D eigenvalue weighted by molar-refractivity contribution is -0.143. The van der Waals surface area contributed by atoms with Crippen molar-refractivity contribution in [2.45, 2.75) is 39.0 Å². The van der Waals surface area contributed by atoms with Gasteiger partial charge in [-0.05, 0) is 18.6 Å². The Bertz CT molecular complexity index is 336. The molecule has 0 saturated heterocycles. The molecule has 0 saturated carbocycles. The monoisotopic (exact) mass is 236 g/mol. The number of carbonyl (C=O) groups excluding carboxylic acids is 1. The summed E-state index contributed by atoms with van der Waals surface area (Å²) in [4.78, 5) is 15.5. The molecule has 0 spiro atoms. The van der Waals surface area contributed by atoms with Crippen LogP contribution in [0.25, 0.3) is 0 Å². The number of nitrogens with zero attached hydrogens (tertiary/aromatic N) is 1. The highest BCUT2D eigenvalue weighted by Gasteiger charge is 2.05. The van der Waals surface area contributed by atoms with Gasteiger partial charge in [0, 0.05) is 0 Å². The third-order valence-electron chi connectivity index (χ3n) is 2.43. The van der Waals surface area contributed by atoms with Crippen LogP contribution in [0.3, 0.4) is 0 Å². The van der Waals surface area contributed by atoms with E-state index in [-0.39, 0.29) is 12.4 Å². The number of rotatable bonds is 7. The Labute approximate surface area is 102 Å². The zero-order valence-electron chi connectivity index (χ0n) is 10.3. The Hall–Kier alpha value is -1.58. The lowest BCUT2D eigenvalue weighted by Gasteiger charge is -2.04. The standard InChI is InChI=1S/C13H20N2O2/c1-2-3-4-5-8-17-13(16)9-12-7-6-11(14)10-15-12/h6-7,10H,2-5,8-9,14H2,1H3. The average Bonchev–Trinajstić information content (AvgIpc) is 2.32. The summed E-state index contributed by atoms with van der Waals surface area (Å²) in [6.45, 7) is 2.66. The van der Waals surface area contributed by atoms with Crippen LogP contribution in [0, 0.1) is 0 Å². The predicted molar refractivity (Wildman–Crippen MR) is 67.5 cm³/mol. The topological polar surface area (TPSA) is 65.2 Å². The van der Waals surface area contributed by atoms with Crippen LogP contribution in [0.2, 0.25) is 0 Å². The highest BCUT2D eigenvalue weighted by molar-refractivity contribution is 5.72. The lowest BCUT2D eigenvalue weighted by atomic mass is 10.2. The van der Waals surface area contributed by atoms with Crippen LogP contribution in [-0.2, 0) is 16.0 Å². The largest absolute Gasteiger partial charge is 0.465 e. The van der Waals surface area contributed by atoms with E-state index >= 15 is 0 Å². The Kier molecular flexibility index (Phi) is 6.07. The molecular weight excluding hydrogens is 216 g/mol. The van der Waals surface area contributed by atoms with Crippen LogP contribution in [0.4, 0.5) is 5.69 Å². The maximum atomic E-state index is 11.4. The van der Waals surface area contributed by atoms with Gasteiger partial charge in [-0.15, -0.1) is 0 Å². The highest BCUT2D eigenvalue weighted by Crippen LogP contribution is 2.04. The van der Waals surface area contributed by atoms with Gasteiger partial charge in [0.05, 0.1) is 30.6 Å². The van der Waals surface area contributed by atoms with Crippen molar-refractivity contribution in [2.75, 3.05) is 12.3 Å². The highest BCUT2D eigenvalue weighted by atomic mass is 16.5. The van der Waals surface area contributed by atoms with Gasteiger partial charge >= 0.3 is 5.97 Å². The molecule has 0 radical (unpaired) electrons. The Morgan fingerprint density at radius 3 is 2.82 bits per heavy atom. The van der Waals surface area contributed by atoms with E-state index in [4.69, 9.17) is 10.5 Å². The van der Waals surface area contributed by atoms with E-state index in [0.717, 1.165) is 12.8 Å². The van der Waals surface area contributed by atoms with Gasteiger partial charge in [-0.2, -0.15) is 0 Å². The van der Waals surface area contributed by atoms with Gasteiger partial charge in [-0.25, -0.2) is 0 Å². The van der Waals surface area contributed by atoms with E-state index in [9.17, 15) is 4.79 Å². The van der Waals surface area contributed by atoms with E-state index in [1.807, 2.05) is 0 Å². The number of unbranched alkanes of at least 4 members (excludes halogenated alkanes) is 3. The number of pyridine rings is 1. The van der Waals surface area contributed by atoms with Crippen LogP contribution >= 0.6 is 0 Å². The summed E-state index contributed by atoms with van der Waals surface area (Å²) in [5.74, 6) is -0.223. The molecule has 0 aliphatic heterocycles. The number of ether oxygens (including phenoxy) is 1. The van der Waals surface area contributed by atoms with Crippen molar-refractivity contribution >= 4 is 11.7 Å². The van der Waals surface area contributed by atoms with Gasteiger partial charge < -0.3 is 10.5 Å². The van der Waals surface area contributed by atoms with Crippen molar-refractivity contribution in [3.05, 3.63) is 24.0 Å². The normalized spacial score (nSPS) is 10.2. The molecule has 1 rings (SSSR count). The first-order valence-corrected chi connectivity index (χ1v) is 6.08. The quantitative estimate of drug-likeness (QED) is 0.583. The number of aromatic nitrogens is 1. The van der Waals surface area contributed by atoms with Crippen molar-refractivity contribution < 1.29 is 9.53 Å². The lowest BCUT2D eigenvalue weighted by Crippen LogP contribution is -2.10. The second-order valence-corrected chi connectivity index (χ2v) is 4.04. The Balaban J connectivity index is 2.18. The Morgan fingerprint density at radius 2 is 2.18 bits per heavy atom. The van der Waals surface area contributed by atoms with E-state index in [1.165, 1.54) is 12.8 Å². The van der Waals surface area contributed by atoms with Crippen LogP contribution in [0.15, 0.2) is 18.3 Å². The van der Waals surface area contributed by atoms with Crippen molar-refractivity contribution in [1.29, 1.82) is 0 Å². The number of nitrogen functional groups attached to an aromatic ring is 1. The van der Waals surface area contributed by atoms with E-state index < -0.39 is 0 Å². The van der Waals surface area contributed by atoms with Crippen LogP contribution in [-0.4, -0.2) is 17.6 Å². The summed E-state index contributed by atoms with van der Waals surface area (Å²) >= 11 is 0. The van der Waals surface area contributed by atoms with Crippen LogP contribution in [0.5, 0.6) is 0 Å². The molecule has 1 heterocycles. The number of esters is 1. The minimum absolute atomic E-state index is 0.216. The molecule has 94 valence electrons. The number of carbonyl (C=O) groups is 1. The fraction of sp³-hybridized carbons (Fsp3) is 0.538. The molecule has 1 aromatic heterocycles. The molecule has 0 fully saturated rings. The molecule has 0 aromatic carbocycles. The molecule has 0 unspecified atom stereocenters. The maximum Gasteiger partial charge on any atom is 0.311 e. The van der Waals surface area contributed by atoms with Gasteiger partial charge in [-0.1, -0.05) is 26.2 Å². The minimum atomic E-state index is -0.223. The fourth-order valence-electron chi connectivity index (χ4n) is 1.45. The summed E-state index contributed by atoms with van der Waals surface area (Å²) < 4.78 is 5.11. The molecule has 0 amide bonds. The second kappa shape index (κ2) is 7.65. The van der Waals surface area contributed by atoms with Crippen LogP contribution < -0.4 is 5.73 Å². The third kappa shape index (κ3) is 5.90. The molecule has 0 aliphatic rings. The van der Waals surface area contributed by atoms with Gasteiger partial charge in [0.15, 0.2) is 0 Å². The Morgan fingerprint density at radius 1 is 1.35 bits per heavy atom. The van der Waals surface area contributed by atoms with Crippen molar-refractivity contribution in [3.8, 4) is 0 Å². The number of hydrogen-bond donors (Lipinski definition) is 1. The number of nitrogens with two attached hydrogens (primary N) is 1. The molecule has 4 nitrogen and oxygen atoms in total. The summed E-state index contributed by atoms with van der Waals surface area (Å²) in [6, 6.07) is 3.48. The first kappa shape index (κ1) is 13.5.